The van der Waals surface area contributed by atoms with Crippen molar-refractivity contribution in [1.82, 2.24) is 4.90 Å². The summed E-state index contributed by atoms with van der Waals surface area (Å²) in [6.45, 7) is 7.35. The molecule has 0 N–H and O–H groups in total. The van der Waals surface area contributed by atoms with Crippen molar-refractivity contribution in [3.63, 3.8) is 0 Å². The Balaban J connectivity index is 4.32. The molecule has 0 aromatic rings. The van der Waals surface area contributed by atoms with Crippen LogP contribution in [-0.4, -0.2) is 36.9 Å². The molecule has 114 valence electrons. The highest BCUT2D eigenvalue weighted by Crippen LogP contribution is 2.16. The minimum Gasteiger partial charge on any atom is -0.440 e. The van der Waals surface area contributed by atoms with Crippen molar-refractivity contribution in [3.8, 4) is 0 Å². The van der Waals surface area contributed by atoms with Crippen LogP contribution in [0.5, 0.6) is 0 Å². The second kappa shape index (κ2) is 8.27. The maximum atomic E-state index is 12.0. The third kappa shape index (κ3) is 10.7. The van der Waals surface area contributed by atoms with E-state index in [-0.39, 0.29) is 0 Å². The predicted octanol–water partition coefficient (Wildman–Crippen LogP) is 4.08. The molecule has 0 spiro atoms. The molecule has 6 heteroatoms. The number of rotatable bonds is 7. The molecule has 0 radical (unpaired) electrons. The molecule has 0 unspecified atom stereocenters. The van der Waals surface area contributed by atoms with E-state index in [2.05, 4.69) is 4.74 Å². The Kier molecular flexibility index (Phi) is 7.87. The lowest BCUT2D eigenvalue weighted by Gasteiger charge is -2.24. The average Bonchev–Trinajstić information content (AvgIpc) is 2.24. The number of halogens is 3. The van der Waals surface area contributed by atoms with E-state index < -0.39 is 18.9 Å². The summed E-state index contributed by atoms with van der Waals surface area (Å²) >= 11 is 0. The number of hydrogen-bond acceptors (Lipinski definition) is 2. The van der Waals surface area contributed by atoms with E-state index in [0.29, 0.717) is 24.9 Å². The van der Waals surface area contributed by atoms with Crippen LogP contribution in [0.4, 0.5) is 18.0 Å². The highest BCUT2D eigenvalue weighted by atomic mass is 19.4. The zero-order chi connectivity index (χ0) is 15.1. The van der Waals surface area contributed by atoms with Gasteiger partial charge in [0, 0.05) is 13.1 Å². The largest absolute Gasteiger partial charge is 0.440 e. The summed E-state index contributed by atoms with van der Waals surface area (Å²) in [5.41, 5.74) is 0. The zero-order valence-corrected chi connectivity index (χ0v) is 12.1. The van der Waals surface area contributed by atoms with Crippen molar-refractivity contribution in [3.05, 3.63) is 0 Å². The maximum absolute atomic E-state index is 12.0. The quantitative estimate of drug-likeness (QED) is 0.704. The monoisotopic (exact) mass is 283 g/mol. The van der Waals surface area contributed by atoms with Crippen LogP contribution in [0, 0.1) is 11.8 Å². The summed E-state index contributed by atoms with van der Waals surface area (Å²) in [7, 11) is 0. The Labute approximate surface area is 113 Å². The van der Waals surface area contributed by atoms with Crippen molar-refractivity contribution < 1.29 is 22.7 Å². The molecule has 0 aliphatic carbocycles. The van der Waals surface area contributed by atoms with Gasteiger partial charge in [0.1, 0.15) is 0 Å². The number of carbonyl (C=O) groups excluding carboxylic acids is 1. The molecule has 0 atom stereocenters. The van der Waals surface area contributed by atoms with Gasteiger partial charge in [-0.3, -0.25) is 0 Å². The topological polar surface area (TPSA) is 29.5 Å². The van der Waals surface area contributed by atoms with Gasteiger partial charge in [-0.25, -0.2) is 4.79 Å². The Hall–Kier alpha value is -0.940. The molecule has 0 aliphatic heterocycles. The Morgan fingerprint density at radius 1 is 1.05 bits per heavy atom. The maximum Gasteiger partial charge on any atom is 0.422 e. The second-order valence-electron chi connectivity index (χ2n) is 5.52. The number of nitrogens with zero attached hydrogens (tertiary/aromatic N) is 1. The van der Waals surface area contributed by atoms with Gasteiger partial charge in [0.15, 0.2) is 6.61 Å². The third-order valence-electron chi connectivity index (χ3n) is 2.57. The molecule has 1 amide bonds. The van der Waals surface area contributed by atoms with Crippen LogP contribution in [-0.2, 0) is 4.74 Å². The van der Waals surface area contributed by atoms with Crippen molar-refractivity contribution in [1.29, 1.82) is 0 Å². The van der Waals surface area contributed by atoms with Gasteiger partial charge in [0.25, 0.3) is 0 Å². The standard InChI is InChI=1S/C13H24F3NO2/c1-10(2)5-7-17(8-6-11(3)4)12(18)19-9-13(14,15)16/h10-11H,5-9H2,1-4H3. The predicted molar refractivity (Wildman–Crippen MR) is 67.9 cm³/mol. The lowest BCUT2D eigenvalue weighted by Crippen LogP contribution is -2.36. The molecule has 3 nitrogen and oxygen atoms in total. The molecule has 0 aromatic carbocycles. The van der Waals surface area contributed by atoms with Crippen LogP contribution in [0.3, 0.4) is 0 Å². The van der Waals surface area contributed by atoms with Crippen LogP contribution in [0.1, 0.15) is 40.5 Å². The average molecular weight is 283 g/mol. The van der Waals surface area contributed by atoms with E-state index in [9.17, 15) is 18.0 Å². The molecular weight excluding hydrogens is 259 g/mol. The summed E-state index contributed by atoms with van der Waals surface area (Å²) in [5.74, 6) is 0.772. The van der Waals surface area contributed by atoms with E-state index in [0.717, 1.165) is 12.8 Å². The summed E-state index contributed by atoms with van der Waals surface area (Å²) in [5, 5.41) is 0. The fraction of sp³-hybridized carbons (Fsp3) is 0.923. The second-order valence-corrected chi connectivity index (χ2v) is 5.52. The fourth-order valence-electron chi connectivity index (χ4n) is 1.36. The molecule has 0 heterocycles. The van der Waals surface area contributed by atoms with E-state index in [1.165, 1.54) is 4.90 Å². The van der Waals surface area contributed by atoms with Gasteiger partial charge in [-0.2, -0.15) is 13.2 Å². The summed E-state index contributed by atoms with van der Waals surface area (Å²) in [4.78, 5) is 13.0. The number of ether oxygens (including phenoxy) is 1. The van der Waals surface area contributed by atoms with E-state index in [1.54, 1.807) is 0 Å². The van der Waals surface area contributed by atoms with Crippen molar-refractivity contribution >= 4 is 6.09 Å². The first-order valence-electron chi connectivity index (χ1n) is 6.60. The van der Waals surface area contributed by atoms with E-state index in [1.807, 2.05) is 27.7 Å². The third-order valence-corrected chi connectivity index (χ3v) is 2.57. The number of hydrogen-bond donors (Lipinski definition) is 0. The fourth-order valence-corrected chi connectivity index (χ4v) is 1.36. The lowest BCUT2D eigenvalue weighted by atomic mass is 10.1. The van der Waals surface area contributed by atoms with Gasteiger partial charge in [-0.05, 0) is 24.7 Å². The molecule has 0 aliphatic rings. The van der Waals surface area contributed by atoms with Crippen LogP contribution >= 0.6 is 0 Å². The van der Waals surface area contributed by atoms with Gasteiger partial charge in [-0.15, -0.1) is 0 Å². The molecular formula is C13H24F3NO2. The number of carbonyl (C=O) groups is 1. The molecule has 0 saturated heterocycles. The molecule has 0 aromatic heterocycles. The van der Waals surface area contributed by atoms with Crippen molar-refractivity contribution in [2.75, 3.05) is 19.7 Å². The lowest BCUT2D eigenvalue weighted by molar-refractivity contribution is -0.162. The summed E-state index contributed by atoms with van der Waals surface area (Å²) in [6, 6.07) is 0. The zero-order valence-electron chi connectivity index (χ0n) is 12.1. The summed E-state index contributed by atoms with van der Waals surface area (Å²) < 4.78 is 40.3. The van der Waals surface area contributed by atoms with Gasteiger partial charge < -0.3 is 9.64 Å². The van der Waals surface area contributed by atoms with Gasteiger partial charge >= 0.3 is 12.3 Å². The number of alkyl halides is 3. The van der Waals surface area contributed by atoms with Crippen LogP contribution in [0.15, 0.2) is 0 Å². The SMILES string of the molecule is CC(C)CCN(CCC(C)C)C(=O)OCC(F)(F)F. The Morgan fingerprint density at radius 3 is 1.79 bits per heavy atom. The normalized spacial score (nSPS) is 12.1. The Morgan fingerprint density at radius 2 is 1.47 bits per heavy atom. The van der Waals surface area contributed by atoms with Crippen molar-refractivity contribution in [2.24, 2.45) is 11.8 Å². The van der Waals surface area contributed by atoms with E-state index in [4.69, 9.17) is 0 Å². The highest BCUT2D eigenvalue weighted by molar-refractivity contribution is 5.67. The van der Waals surface area contributed by atoms with Gasteiger partial charge in [-0.1, -0.05) is 27.7 Å². The molecule has 0 rings (SSSR count). The van der Waals surface area contributed by atoms with Crippen LogP contribution in [0.2, 0.25) is 0 Å². The van der Waals surface area contributed by atoms with Gasteiger partial charge in [0.2, 0.25) is 0 Å². The minimum atomic E-state index is -4.47. The summed E-state index contributed by atoms with van der Waals surface area (Å²) in [6.07, 6.45) is -3.85. The Bertz CT molecular complexity index is 253. The molecule has 0 fully saturated rings. The van der Waals surface area contributed by atoms with Crippen LogP contribution in [0.25, 0.3) is 0 Å². The van der Waals surface area contributed by atoms with Crippen LogP contribution < -0.4 is 0 Å². The van der Waals surface area contributed by atoms with E-state index >= 15 is 0 Å². The first-order valence-corrected chi connectivity index (χ1v) is 6.60. The molecule has 0 bridgehead atoms. The smallest absolute Gasteiger partial charge is 0.422 e. The van der Waals surface area contributed by atoms with Gasteiger partial charge in [0.05, 0.1) is 0 Å². The first kappa shape index (κ1) is 18.1. The number of amides is 1. The minimum absolute atomic E-state index is 0.386. The highest BCUT2D eigenvalue weighted by Gasteiger charge is 2.30. The molecule has 0 saturated carbocycles. The molecule has 19 heavy (non-hydrogen) atoms. The first-order chi connectivity index (χ1) is 8.61. The van der Waals surface area contributed by atoms with Crippen molar-refractivity contribution in [2.45, 2.75) is 46.7 Å².